The van der Waals surface area contributed by atoms with Gasteiger partial charge in [-0.1, -0.05) is 13.8 Å². The number of pyridine rings is 2. The summed E-state index contributed by atoms with van der Waals surface area (Å²) in [6.45, 7) is 4.29. The first-order valence-electron chi connectivity index (χ1n) is 5.32. The minimum Gasteiger partial charge on any atom is -0.328 e. The van der Waals surface area contributed by atoms with Crippen LogP contribution in [0.5, 0.6) is 0 Å². The molecular formula is C13H14N2O. The smallest absolute Gasteiger partial charge is 0.247 e. The second kappa shape index (κ2) is 4.31. The number of hydrogen-bond donors (Lipinski definition) is 1. The molecule has 0 saturated heterocycles. The van der Waals surface area contributed by atoms with Crippen molar-refractivity contribution in [1.29, 1.82) is 0 Å². The normalized spacial score (nSPS) is 10.7. The first-order valence-corrected chi connectivity index (χ1v) is 5.32. The fraction of sp³-hybridized carbons (Fsp3) is 0.231. The fourth-order valence-electron chi connectivity index (χ4n) is 1.53. The number of rotatable bonds is 2. The van der Waals surface area contributed by atoms with Crippen molar-refractivity contribution < 1.29 is 0 Å². The van der Waals surface area contributed by atoms with Gasteiger partial charge in [0.05, 0.1) is 5.69 Å². The highest BCUT2D eigenvalue weighted by atomic mass is 16.1. The van der Waals surface area contributed by atoms with Crippen LogP contribution in [0.3, 0.4) is 0 Å². The van der Waals surface area contributed by atoms with Crippen molar-refractivity contribution >= 4 is 0 Å². The minimum absolute atomic E-state index is 0.0937. The third kappa shape index (κ3) is 2.19. The molecule has 0 bridgehead atoms. The molecule has 1 N–H and O–H groups in total. The Morgan fingerprint density at radius 1 is 1.25 bits per heavy atom. The van der Waals surface area contributed by atoms with Crippen molar-refractivity contribution in [2.24, 2.45) is 0 Å². The average molecular weight is 214 g/mol. The third-order valence-corrected chi connectivity index (χ3v) is 2.53. The van der Waals surface area contributed by atoms with Crippen LogP contribution in [-0.2, 0) is 0 Å². The lowest BCUT2D eigenvalue weighted by Gasteiger charge is -2.06. The van der Waals surface area contributed by atoms with Crippen molar-refractivity contribution in [2.45, 2.75) is 19.8 Å². The van der Waals surface area contributed by atoms with E-state index in [9.17, 15) is 4.79 Å². The summed E-state index contributed by atoms with van der Waals surface area (Å²) in [5.74, 6) is 0.476. The van der Waals surface area contributed by atoms with Gasteiger partial charge in [-0.25, -0.2) is 0 Å². The van der Waals surface area contributed by atoms with Crippen molar-refractivity contribution in [2.75, 3.05) is 0 Å². The predicted octanol–water partition coefficient (Wildman–Crippen LogP) is 2.56. The highest BCUT2D eigenvalue weighted by molar-refractivity contribution is 5.58. The van der Waals surface area contributed by atoms with Crippen LogP contribution in [0, 0.1) is 0 Å². The Kier molecular flexibility index (Phi) is 2.86. The highest BCUT2D eigenvalue weighted by Crippen LogP contribution is 2.20. The van der Waals surface area contributed by atoms with Crippen molar-refractivity contribution in [1.82, 2.24) is 9.97 Å². The molecule has 0 aliphatic heterocycles. The molecule has 2 heterocycles. The zero-order valence-corrected chi connectivity index (χ0v) is 9.40. The molecule has 0 radical (unpaired) electrons. The molecule has 0 fully saturated rings. The van der Waals surface area contributed by atoms with Gasteiger partial charge in [0.25, 0.3) is 0 Å². The topological polar surface area (TPSA) is 45.8 Å². The van der Waals surface area contributed by atoms with Gasteiger partial charge in [0.2, 0.25) is 5.56 Å². The van der Waals surface area contributed by atoms with E-state index in [-0.39, 0.29) is 5.56 Å². The van der Waals surface area contributed by atoms with Crippen LogP contribution in [0.25, 0.3) is 11.3 Å². The lowest BCUT2D eigenvalue weighted by atomic mass is 10.0. The summed E-state index contributed by atoms with van der Waals surface area (Å²) < 4.78 is 0. The van der Waals surface area contributed by atoms with E-state index in [0.717, 1.165) is 11.3 Å². The Labute approximate surface area is 94.2 Å². The lowest BCUT2D eigenvalue weighted by Crippen LogP contribution is -2.01. The Morgan fingerprint density at radius 3 is 2.69 bits per heavy atom. The molecule has 2 aromatic rings. The number of aromatic amines is 1. The second-order valence-corrected chi connectivity index (χ2v) is 4.07. The fourth-order valence-corrected chi connectivity index (χ4v) is 1.53. The van der Waals surface area contributed by atoms with Gasteiger partial charge in [0.15, 0.2) is 0 Å². The maximum Gasteiger partial charge on any atom is 0.247 e. The molecule has 0 aromatic carbocycles. The van der Waals surface area contributed by atoms with E-state index < -0.39 is 0 Å². The van der Waals surface area contributed by atoms with Gasteiger partial charge < -0.3 is 4.98 Å². The van der Waals surface area contributed by atoms with Gasteiger partial charge in [0.1, 0.15) is 0 Å². The minimum atomic E-state index is -0.0937. The molecule has 0 spiro atoms. The van der Waals surface area contributed by atoms with Crippen LogP contribution in [0.1, 0.15) is 25.3 Å². The van der Waals surface area contributed by atoms with Crippen LogP contribution in [0.4, 0.5) is 0 Å². The van der Waals surface area contributed by atoms with E-state index in [0.29, 0.717) is 5.92 Å². The van der Waals surface area contributed by atoms with Crippen LogP contribution in [0.2, 0.25) is 0 Å². The zero-order valence-electron chi connectivity index (χ0n) is 9.40. The third-order valence-electron chi connectivity index (χ3n) is 2.53. The molecule has 0 aliphatic carbocycles. The lowest BCUT2D eigenvalue weighted by molar-refractivity contribution is 0.863. The van der Waals surface area contributed by atoms with Crippen LogP contribution >= 0.6 is 0 Å². The molecular weight excluding hydrogens is 200 g/mol. The summed E-state index contributed by atoms with van der Waals surface area (Å²) in [5.41, 5.74) is 2.98. The summed E-state index contributed by atoms with van der Waals surface area (Å²) in [5, 5.41) is 0. The predicted molar refractivity (Wildman–Crippen MR) is 64.4 cm³/mol. The van der Waals surface area contributed by atoms with E-state index in [4.69, 9.17) is 0 Å². The molecule has 3 heteroatoms. The molecule has 82 valence electrons. The number of hydrogen-bond acceptors (Lipinski definition) is 2. The molecule has 0 atom stereocenters. The van der Waals surface area contributed by atoms with Crippen molar-refractivity contribution in [3.63, 3.8) is 0 Å². The van der Waals surface area contributed by atoms with Gasteiger partial charge in [-0.2, -0.15) is 0 Å². The summed E-state index contributed by atoms with van der Waals surface area (Å²) in [4.78, 5) is 17.9. The van der Waals surface area contributed by atoms with Crippen molar-refractivity contribution in [3.05, 3.63) is 52.6 Å². The zero-order chi connectivity index (χ0) is 11.5. The van der Waals surface area contributed by atoms with E-state index in [2.05, 4.69) is 29.9 Å². The number of nitrogens with zero attached hydrogens (tertiary/aromatic N) is 1. The Morgan fingerprint density at radius 2 is 2.06 bits per heavy atom. The first kappa shape index (κ1) is 10.6. The largest absolute Gasteiger partial charge is 0.328 e. The van der Waals surface area contributed by atoms with Gasteiger partial charge in [-0.15, -0.1) is 0 Å². The molecule has 16 heavy (non-hydrogen) atoms. The summed E-state index contributed by atoms with van der Waals surface area (Å²) >= 11 is 0. The number of aromatic nitrogens is 2. The summed E-state index contributed by atoms with van der Waals surface area (Å²) in [6.07, 6.45) is 3.49. The quantitative estimate of drug-likeness (QED) is 0.835. The standard InChI is InChI=1S/C13H14N2O/c1-9(2)10-5-6-14-12(7-10)11-3-4-13(16)15-8-11/h3-9H,1-2H3,(H,15,16). The maximum absolute atomic E-state index is 11.0. The van der Waals surface area contributed by atoms with Gasteiger partial charge >= 0.3 is 0 Å². The molecule has 0 unspecified atom stereocenters. The Bertz CT molecular complexity index is 523. The van der Waals surface area contributed by atoms with E-state index in [1.807, 2.05) is 6.07 Å². The van der Waals surface area contributed by atoms with E-state index in [1.54, 1.807) is 18.5 Å². The number of H-pyrrole nitrogens is 1. The first-order chi connectivity index (χ1) is 7.66. The van der Waals surface area contributed by atoms with E-state index >= 15 is 0 Å². The van der Waals surface area contributed by atoms with Crippen LogP contribution in [-0.4, -0.2) is 9.97 Å². The maximum atomic E-state index is 11.0. The SMILES string of the molecule is CC(C)c1ccnc(-c2ccc(=O)[nH]c2)c1. The summed E-state index contributed by atoms with van der Waals surface area (Å²) in [6, 6.07) is 7.36. The molecule has 3 nitrogen and oxygen atoms in total. The molecule has 0 aliphatic rings. The molecule has 2 aromatic heterocycles. The number of nitrogens with one attached hydrogen (secondary N) is 1. The Balaban J connectivity index is 2.44. The second-order valence-electron chi connectivity index (χ2n) is 4.07. The van der Waals surface area contributed by atoms with Gasteiger partial charge in [-0.3, -0.25) is 9.78 Å². The monoisotopic (exact) mass is 214 g/mol. The van der Waals surface area contributed by atoms with E-state index in [1.165, 1.54) is 11.6 Å². The molecule has 0 saturated carbocycles. The molecule has 2 rings (SSSR count). The highest BCUT2D eigenvalue weighted by Gasteiger charge is 2.03. The van der Waals surface area contributed by atoms with Crippen LogP contribution < -0.4 is 5.56 Å². The van der Waals surface area contributed by atoms with Crippen molar-refractivity contribution in [3.8, 4) is 11.3 Å². The molecule has 0 amide bonds. The van der Waals surface area contributed by atoms with Gasteiger partial charge in [0, 0.05) is 24.0 Å². The van der Waals surface area contributed by atoms with Gasteiger partial charge in [-0.05, 0) is 29.7 Å². The Hall–Kier alpha value is -1.90. The average Bonchev–Trinajstić information content (AvgIpc) is 2.30. The van der Waals surface area contributed by atoms with Crippen LogP contribution in [0.15, 0.2) is 41.5 Å². The summed E-state index contributed by atoms with van der Waals surface area (Å²) in [7, 11) is 0.